The van der Waals surface area contributed by atoms with E-state index >= 15 is 0 Å². The van der Waals surface area contributed by atoms with Gasteiger partial charge in [0.05, 0.1) is 13.2 Å². The van der Waals surface area contributed by atoms with Crippen LogP contribution in [0, 0.1) is 0 Å². The number of nitrogens with two attached hydrogens (primary N) is 1. The summed E-state index contributed by atoms with van der Waals surface area (Å²) in [5, 5.41) is 3.87. The zero-order valence-corrected chi connectivity index (χ0v) is 10.1. The molecular weight excluding hydrogens is 232 g/mol. The molecule has 1 fully saturated rings. The van der Waals surface area contributed by atoms with Crippen molar-refractivity contribution in [2.45, 2.75) is 18.9 Å². The monoisotopic (exact) mass is 246 g/mol. The number of anilines is 1. The third-order valence-electron chi connectivity index (χ3n) is 2.81. The molecule has 0 unspecified atom stereocenters. The van der Waals surface area contributed by atoms with Crippen molar-refractivity contribution in [2.24, 2.45) is 0 Å². The van der Waals surface area contributed by atoms with Gasteiger partial charge in [0, 0.05) is 11.6 Å². The maximum absolute atomic E-state index is 5.75. The highest BCUT2D eigenvalue weighted by atomic mass is 16.5. The quantitative estimate of drug-likeness (QED) is 0.897. The fourth-order valence-corrected chi connectivity index (χ4v) is 1.72. The van der Waals surface area contributed by atoms with Gasteiger partial charge in [0.1, 0.15) is 5.69 Å². The van der Waals surface area contributed by atoms with E-state index in [-0.39, 0.29) is 0 Å². The van der Waals surface area contributed by atoms with Gasteiger partial charge in [0.25, 0.3) is 0 Å². The van der Waals surface area contributed by atoms with Crippen LogP contribution in [0.15, 0.2) is 28.8 Å². The SMILES string of the molecule is COc1cc(-c2cc(N)on2)ccc1OC1CC1. The molecule has 18 heavy (non-hydrogen) atoms. The average molecular weight is 246 g/mol. The Morgan fingerprint density at radius 3 is 2.72 bits per heavy atom. The summed E-state index contributed by atoms with van der Waals surface area (Å²) >= 11 is 0. The standard InChI is InChI=1S/C13H14N2O3/c1-16-12-6-8(10-7-13(14)18-15-10)2-5-11(12)17-9-3-4-9/h2,5-7,9H,3-4,14H2,1H3. The van der Waals surface area contributed by atoms with Gasteiger partial charge in [0.15, 0.2) is 11.5 Å². The summed E-state index contributed by atoms with van der Waals surface area (Å²) in [4.78, 5) is 0. The van der Waals surface area contributed by atoms with Gasteiger partial charge in [-0.2, -0.15) is 0 Å². The molecule has 3 rings (SSSR count). The van der Waals surface area contributed by atoms with Crippen molar-refractivity contribution < 1.29 is 14.0 Å². The lowest BCUT2D eigenvalue weighted by Gasteiger charge is -2.10. The van der Waals surface area contributed by atoms with E-state index in [1.807, 2.05) is 18.2 Å². The molecule has 5 heteroatoms. The van der Waals surface area contributed by atoms with Crippen LogP contribution in [-0.4, -0.2) is 18.4 Å². The highest BCUT2D eigenvalue weighted by Gasteiger charge is 2.25. The Balaban J connectivity index is 1.92. The van der Waals surface area contributed by atoms with Gasteiger partial charge in [0.2, 0.25) is 5.88 Å². The van der Waals surface area contributed by atoms with Gasteiger partial charge in [-0.05, 0) is 31.0 Å². The molecule has 0 radical (unpaired) electrons. The summed E-state index contributed by atoms with van der Waals surface area (Å²) in [5.41, 5.74) is 7.07. The van der Waals surface area contributed by atoms with Crippen LogP contribution in [0.4, 0.5) is 5.88 Å². The van der Waals surface area contributed by atoms with Crippen molar-refractivity contribution in [2.75, 3.05) is 12.8 Å². The summed E-state index contributed by atoms with van der Waals surface area (Å²) < 4.78 is 15.9. The van der Waals surface area contributed by atoms with Gasteiger partial charge >= 0.3 is 0 Å². The van der Waals surface area contributed by atoms with Gasteiger partial charge in [-0.1, -0.05) is 5.16 Å². The lowest BCUT2D eigenvalue weighted by atomic mass is 10.1. The third kappa shape index (κ3) is 2.11. The van der Waals surface area contributed by atoms with Crippen molar-refractivity contribution in [1.29, 1.82) is 0 Å². The third-order valence-corrected chi connectivity index (χ3v) is 2.81. The summed E-state index contributed by atoms with van der Waals surface area (Å²) in [7, 11) is 1.62. The lowest BCUT2D eigenvalue weighted by molar-refractivity contribution is 0.282. The molecule has 0 spiro atoms. The first kappa shape index (κ1) is 11.0. The number of hydrogen-bond donors (Lipinski definition) is 1. The first-order chi connectivity index (χ1) is 8.76. The minimum atomic E-state index is 0.294. The summed E-state index contributed by atoms with van der Waals surface area (Å²) in [5.74, 6) is 1.75. The summed E-state index contributed by atoms with van der Waals surface area (Å²) in [6.45, 7) is 0. The molecule has 2 aromatic rings. The molecule has 1 aliphatic carbocycles. The molecule has 1 aromatic heterocycles. The second-order valence-electron chi connectivity index (χ2n) is 4.30. The van der Waals surface area contributed by atoms with Crippen LogP contribution in [0.5, 0.6) is 11.5 Å². The first-order valence-electron chi connectivity index (χ1n) is 5.83. The topological polar surface area (TPSA) is 70.5 Å². The Morgan fingerprint density at radius 2 is 2.11 bits per heavy atom. The molecule has 0 amide bonds. The number of methoxy groups -OCH3 is 1. The highest BCUT2D eigenvalue weighted by molar-refractivity contribution is 5.65. The normalized spacial score (nSPS) is 14.5. The zero-order valence-electron chi connectivity index (χ0n) is 10.1. The van der Waals surface area contributed by atoms with Crippen LogP contribution in [-0.2, 0) is 0 Å². The number of rotatable bonds is 4. The fourth-order valence-electron chi connectivity index (χ4n) is 1.72. The number of benzene rings is 1. The fraction of sp³-hybridized carbons (Fsp3) is 0.308. The Bertz CT molecular complexity index is 561. The number of hydrogen-bond acceptors (Lipinski definition) is 5. The molecule has 0 saturated heterocycles. The minimum absolute atomic E-state index is 0.294. The molecule has 0 aliphatic heterocycles. The first-order valence-corrected chi connectivity index (χ1v) is 5.83. The van der Waals surface area contributed by atoms with Crippen LogP contribution in [0.25, 0.3) is 11.3 Å². The van der Waals surface area contributed by atoms with Gasteiger partial charge in [-0.15, -0.1) is 0 Å². The van der Waals surface area contributed by atoms with E-state index in [1.54, 1.807) is 13.2 Å². The Kier molecular flexibility index (Phi) is 2.59. The Morgan fingerprint density at radius 1 is 1.28 bits per heavy atom. The van der Waals surface area contributed by atoms with E-state index in [4.69, 9.17) is 19.7 Å². The number of ether oxygens (including phenoxy) is 2. The summed E-state index contributed by atoms with van der Waals surface area (Å²) in [6.07, 6.45) is 2.57. The van der Waals surface area contributed by atoms with E-state index in [0.29, 0.717) is 23.4 Å². The molecule has 1 aliphatic rings. The minimum Gasteiger partial charge on any atom is -0.493 e. The largest absolute Gasteiger partial charge is 0.493 e. The lowest BCUT2D eigenvalue weighted by Crippen LogP contribution is -1.98. The average Bonchev–Trinajstić information content (AvgIpc) is 3.09. The second-order valence-corrected chi connectivity index (χ2v) is 4.30. The molecule has 0 atom stereocenters. The molecule has 1 saturated carbocycles. The van der Waals surface area contributed by atoms with Gasteiger partial charge < -0.3 is 19.7 Å². The van der Waals surface area contributed by atoms with Crippen molar-refractivity contribution in [1.82, 2.24) is 5.16 Å². The zero-order chi connectivity index (χ0) is 12.5. The maximum atomic E-state index is 5.75. The molecule has 5 nitrogen and oxygen atoms in total. The van der Waals surface area contributed by atoms with E-state index in [0.717, 1.165) is 24.2 Å². The van der Waals surface area contributed by atoms with Crippen molar-refractivity contribution in [3.8, 4) is 22.8 Å². The van der Waals surface area contributed by atoms with E-state index in [9.17, 15) is 0 Å². The predicted octanol–water partition coefficient (Wildman–Crippen LogP) is 2.47. The van der Waals surface area contributed by atoms with Crippen molar-refractivity contribution >= 4 is 5.88 Å². The van der Waals surface area contributed by atoms with Gasteiger partial charge in [-0.3, -0.25) is 0 Å². The van der Waals surface area contributed by atoms with Gasteiger partial charge in [-0.25, -0.2) is 0 Å². The van der Waals surface area contributed by atoms with E-state index in [1.165, 1.54) is 0 Å². The molecule has 1 aromatic carbocycles. The second kappa shape index (κ2) is 4.25. The molecule has 2 N–H and O–H groups in total. The van der Waals surface area contributed by atoms with Crippen molar-refractivity contribution in [3.63, 3.8) is 0 Å². The molecule has 1 heterocycles. The molecular formula is C13H14N2O3. The highest BCUT2D eigenvalue weighted by Crippen LogP contribution is 2.36. The molecule has 94 valence electrons. The maximum Gasteiger partial charge on any atom is 0.222 e. The predicted molar refractivity (Wildman–Crippen MR) is 66.6 cm³/mol. The smallest absolute Gasteiger partial charge is 0.222 e. The van der Waals surface area contributed by atoms with Crippen molar-refractivity contribution in [3.05, 3.63) is 24.3 Å². The van der Waals surface area contributed by atoms with Crippen LogP contribution >= 0.6 is 0 Å². The van der Waals surface area contributed by atoms with Crippen LogP contribution in [0.3, 0.4) is 0 Å². The number of aromatic nitrogens is 1. The Hall–Kier alpha value is -2.17. The van der Waals surface area contributed by atoms with E-state index < -0.39 is 0 Å². The van der Waals surface area contributed by atoms with Crippen LogP contribution in [0.1, 0.15) is 12.8 Å². The molecule has 0 bridgehead atoms. The number of nitrogen functional groups attached to an aromatic ring is 1. The Labute approximate surface area is 104 Å². The van der Waals surface area contributed by atoms with Crippen LogP contribution < -0.4 is 15.2 Å². The van der Waals surface area contributed by atoms with Crippen LogP contribution in [0.2, 0.25) is 0 Å². The van der Waals surface area contributed by atoms with E-state index in [2.05, 4.69) is 5.16 Å². The summed E-state index contributed by atoms with van der Waals surface area (Å²) in [6, 6.07) is 7.35. The number of nitrogens with zero attached hydrogens (tertiary/aromatic N) is 1.